The summed E-state index contributed by atoms with van der Waals surface area (Å²) in [6.07, 6.45) is 1.35. The average Bonchev–Trinajstić information content (AvgIpc) is 2.69. The Bertz CT molecular complexity index is 792. The third-order valence-electron chi connectivity index (χ3n) is 4.66. The zero-order valence-corrected chi connectivity index (χ0v) is 16.0. The highest BCUT2D eigenvalue weighted by atomic mass is 32.2. The van der Waals surface area contributed by atoms with Crippen LogP contribution in [0.4, 0.5) is 4.39 Å². The van der Waals surface area contributed by atoms with Crippen LogP contribution in [0.3, 0.4) is 0 Å². The van der Waals surface area contributed by atoms with E-state index in [-0.39, 0.29) is 28.7 Å². The zero-order chi connectivity index (χ0) is 19.2. The Balaban J connectivity index is 1.48. The molecule has 0 aromatic heterocycles. The molecule has 1 aliphatic rings. The minimum Gasteiger partial charge on any atom is -0.352 e. The number of rotatable bonds is 5. The molecule has 142 valence electrons. The average molecular weight is 386 g/mol. The molecule has 1 fully saturated rings. The molecule has 3 rings (SSSR count). The Hall–Kier alpha value is -2.34. The van der Waals surface area contributed by atoms with E-state index < -0.39 is 5.82 Å². The fourth-order valence-corrected chi connectivity index (χ4v) is 4.00. The normalized spacial score (nSPS) is 16.0. The molecule has 6 heteroatoms. The molecule has 1 aliphatic heterocycles. The first-order chi connectivity index (χ1) is 13.0. The molecular formula is C21H23FN2O2S. The van der Waals surface area contributed by atoms with E-state index in [4.69, 9.17) is 0 Å². The van der Waals surface area contributed by atoms with Gasteiger partial charge in [-0.05, 0) is 44.0 Å². The lowest BCUT2D eigenvalue weighted by Crippen LogP contribution is -2.48. The van der Waals surface area contributed by atoms with Crippen LogP contribution >= 0.6 is 11.8 Å². The summed E-state index contributed by atoms with van der Waals surface area (Å²) in [5.74, 6) is -0.779. The van der Waals surface area contributed by atoms with Gasteiger partial charge >= 0.3 is 0 Å². The number of nitrogens with zero attached hydrogens (tertiary/aromatic N) is 1. The number of benzene rings is 2. The van der Waals surface area contributed by atoms with Crippen LogP contribution in [0.25, 0.3) is 0 Å². The fraction of sp³-hybridized carbons (Fsp3) is 0.333. The molecule has 1 unspecified atom stereocenters. The van der Waals surface area contributed by atoms with Crippen LogP contribution in [0.5, 0.6) is 0 Å². The van der Waals surface area contributed by atoms with Gasteiger partial charge < -0.3 is 10.2 Å². The number of carbonyl (C=O) groups is 2. The van der Waals surface area contributed by atoms with E-state index in [1.54, 1.807) is 17.0 Å². The number of nitrogens with one attached hydrogen (secondary N) is 1. The third kappa shape index (κ3) is 5.10. The van der Waals surface area contributed by atoms with Crippen molar-refractivity contribution in [1.29, 1.82) is 0 Å². The highest BCUT2D eigenvalue weighted by Gasteiger charge is 2.27. The van der Waals surface area contributed by atoms with Gasteiger partial charge in [0.05, 0.1) is 10.8 Å². The number of halogens is 1. The predicted octanol–water partition coefficient (Wildman–Crippen LogP) is 3.73. The van der Waals surface area contributed by atoms with Crippen molar-refractivity contribution in [3.05, 3.63) is 66.0 Å². The van der Waals surface area contributed by atoms with E-state index in [1.807, 2.05) is 37.3 Å². The molecule has 2 aromatic carbocycles. The maximum atomic E-state index is 13.8. The number of likely N-dealkylation sites (tertiary alicyclic amines) is 1. The van der Waals surface area contributed by atoms with Gasteiger partial charge in [0.25, 0.3) is 5.91 Å². The molecule has 1 heterocycles. The Morgan fingerprint density at radius 2 is 1.70 bits per heavy atom. The molecular weight excluding hydrogens is 363 g/mol. The largest absolute Gasteiger partial charge is 0.352 e. The van der Waals surface area contributed by atoms with Crippen LogP contribution in [0.2, 0.25) is 0 Å². The minimum atomic E-state index is -0.496. The molecule has 0 saturated carbocycles. The SMILES string of the molecule is CC(Sc1ccccc1)C(=O)NC1CCN(C(=O)c2ccccc2F)CC1. The fourth-order valence-electron chi connectivity index (χ4n) is 3.11. The molecule has 1 atom stereocenters. The van der Waals surface area contributed by atoms with Gasteiger partial charge in [-0.3, -0.25) is 9.59 Å². The first kappa shape index (κ1) is 19.4. The zero-order valence-electron chi connectivity index (χ0n) is 15.2. The summed E-state index contributed by atoms with van der Waals surface area (Å²) >= 11 is 1.53. The Kier molecular flexibility index (Phi) is 6.50. The van der Waals surface area contributed by atoms with Crippen molar-refractivity contribution in [2.45, 2.75) is 36.0 Å². The maximum absolute atomic E-state index is 13.8. The predicted molar refractivity (Wildman–Crippen MR) is 105 cm³/mol. The molecule has 0 spiro atoms. The van der Waals surface area contributed by atoms with Gasteiger partial charge in [0, 0.05) is 24.0 Å². The molecule has 0 bridgehead atoms. The highest BCUT2D eigenvalue weighted by molar-refractivity contribution is 8.00. The van der Waals surface area contributed by atoms with Gasteiger partial charge in [-0.1, -0.05) is 30.3 Å². The van der Waals surface area contributed by atoms with Crippen molar-refractivity contribution in [1.82, 2.24) is 10.2 Å². The highest BCUT2D eigenvalue weighted by Crippen LogP contribution is 2.23. The number of hydrogen-bond donors (Lipinski definition) is 1. The van der Waals surface area contributed by atoms with Crippen molar-refractivity contribution in [2.75, 3.05) is 13.1 Å². The maximum Gasteiger partial charge on any atom is 0.256 e. The van der Waals surface area contributed by atoms with Crippen LogP contribution in [0.15, 0.2) is 59.5 Å². The summed E-state index contributed by atoms with van der Waals surface area (Å²) in [5.41, 5.74) is 0.105. The number of carbonyl (C=O) groups excluding carboxylic acids is 2. The number of hydrogen-bond acceptors (Lipinski definition) is 3. The van der Waals surface area contributed by atoms with E-state index in [1.165, 1.54) is 23.9 Å². The first-order valence-corrected chi connectivity index (χ1v) is 9.98. The lowest BCUT2D eigenvalue weighted by Gasteiger charge is -2.33. The van der Waals surface area contributed by atoms with Crippen molar-refractivity contribution in [2.24, 2.45) is 0 Å². The van der Waals surface area contributed by atoms with E-state index in [0.717, 1.165) is 4.90 Å². The van der Waals surface area contributed by atoms with Crippen LogP contribution < -0.4 is 5.32 Å². The minimum absolute atomic E-state index is 0.00253. The Morgan fingerprint density at radius 3 is 2.37 bits per heavy atom. The standard InChI is InChI=1S/C21H23FN2O2S/c1-15(27-17-7-3-2-4-8-17)20(25)23-16-11-13-24(14-12-16)21(26)18-9-5-6-10-19(18)22/h2-10,15-16H,11-14H2,1H3,(H,23,25). The number of thioether (sulfide) groups is 1. The lowest BCUT2D eigenvalue weighted by molar-refractivity contribution is -0.121. The van der Waals surface area contributed by atoms with Crippen molar-refractivity contribution >= 4 is 23.6 Å². The van der Waals surface area contributed by atoms with Gasteiger partial charge in [0.1, 0.15) is 5.82 Å². The molecule has 1 saturated heterocycles. The summed E-state index contributed by atoms with van der Waals surface area (Å²) in [4.78, 5) is 27.6. The Morgan fingerprint density at radius 1 is 1.07 bits per heavy atom. The van der Waals surface area contributed by atoms with E-state index in [0.29, 0.717) is 25.9 Å². The summed E-state index contributed by atoms with van der Waals surface area (Å²) in [5, 5.41) is 2.89. The molecule has 2 amide bonds. The van der Waals surface area contributed by atoms with Gasteiger partial charge in [0.2, 0.25) is 5.91 Å². The smallest absolute Gasteiger partial charge is 0.256 e. The lowest BCUT2D eigenvalue weighted by atomic mass is 10.0. The van der Waals surface area contributed by atoms with Gasteiger partial charge in [-0.25, -0.2) is 4.39 Å². The first-order valence-electron chi connectivity index (χ1n) is 9.10. The van der Waals surface area contributed by atoms with E-state index in [9.17, 15) is 14.0 Å². The van der Waals surface area contributed by atoms with Gasteiger partial charge in [0.15, 0.2) is 0 Å². The van der Waals surface area contributed by atoms with Crippen molar-refractivity contribution in [3.63, 3.8) is 0 Å². The number of piperidine rings is 1. The summed E-state index contributed by atoms with van der Waals surface area (Å²) in [7, 11) is 0. The second-order valence-electron chi connectivity index (χ2n) is 6.63. The third-order valence-corrected chi connectivity index (χ3v) is 5.77. The van der Waals surface area contributed by atoms with Crippen LogP contribution in [-0.4, -0.2) is 41.1 Å². The van der Waals surface area contributed by atoms with Crippen LogP contribution in [-0.2, 0) is 4.79 Å². The van der Waals surface area contributed by atoms with Crippen molar-refractivity contribution < 1.29 is 14.0 Å². The van der Waals surface area contributed by atoms with Crippen LogP contribution in [0, 0.1) is 5.82 Å². The van der Waals surface area contributed by atoms with E-state index in [2.05, 4.69) is 5.32 Å². The molecule has 4 nitrogen and oxygen atoms in total. The summed E-state index contributed by atoms with van der Waals surface area (Å²) in [6.45, 7) is 2.92. The quantitative estimate of drug-likeness (QED) is 0.797. The van der Waals surface area contributed by atoms with Crippen molar-refractivity contribution in [3.8, 4) is 0 Å². The number of amides is 2. The van der Waals surface area contributed by atoms with Gasteiger partial charge in [-0.15, -0.1) is 11.8 Å². The van der Waals surface area contributed by atoms with E-state index >= 15 is 0 Å². The second-order valence-corrected chi connectivity index (χ2v) is 8.04. The topological polar surface area (TPSA) is 49.4 Å². The molecule has 0 radical (unpaired) electrons. The molecule has 0 aliphatic carbocycles. The van der Waals surface area contributed by atoms with Crippen LogP contribution in [0.1, 0.15) is 30.1 Å². The molecule has 2 aromatic rings. The Labute approximate surface area is 163 Å². The summed E-state index contributed by atoms with van der Waals surface area (Å²) < 4.78 is 13.8. The summed E-state index contributed by atoms with van der Waals surface area (Å²) in [6, 6.07) is 15.9. The monoisotopic (exact) mass is 386 g/mol. The van der Waals surface area contributed by atoms with Gasteiger partial charge in [-0.2, -0.15) is 0 Å². The molecule has 27 heavy (non-hydrogen) atoms. The second kappa shape index (κ2) is 9.04. The molecule has 1 N–H and O–H groups in total.